The van der Waals surface area contributed by atoms with Gasteiger partial charge >= 0.3 is 6.09 Å². The molecule has 31 heavy (non-hydrogen) atoms. The first-order valence-electron chi connectivity index (χ1n) is 10.9. The number of carbonyl (C=O) groups excluding carboxylic acids is 2. The molecule has 3 aliphatic heterocycles. The summed E-state index contributed by atoms with van der Waals surface area (Å²) in [6, 6.07) is 13.8. The van der Waals surface area contributed by atoms with Gasteiger partial charge in [-0.15, -0.1) is 0 Å². The van der Waals surface area contributed by atoms with Crippen LogP contribution in [-0.2, 0) is 17.7 Å². The first kappa shape index (κ1) is 20.0. The molecule has 2 aromatic carbocycles. The van der Waals surface area contributed by atoms with Crippen molar-refractivity contribution in [2.24, 2.45) is 0 Å². The van der Waals surface area contributed by atoms with Crippen LogP contribution in [0.4, 0.5) is 10.5 Å². The summed E-state index contributed by atoms with van der Waals surface area (Å²) in [5.74, 6) is -0.127. The number of ether oxygens (including phenoxy) is 1. The van der Waals surface area contributed by atoms with E-state index in [2.05, 4.69) is 34.5 Å². The lowest BCUT2D eigenvalue weighted by molar-refractivity contribution is -0.0137. The zero-order valence-electron chi connectivity index (χ0n) is 17.6. The Morgan fingerprint density at radius 2 is 1.97 bits per heavy atom. The first-order valence-corrected chi connectivity index (χ1v) is 10.9. The third-order valence-electron chi connectivity index (χ3n) is 6.72. The number of hydrogen-bond donors (Lipinski definition) is 2. The van der Waals surface area contributed by atoms with Gasteiger partial charge in [0.05, 0.1) is 11.8 Å². The molecule has 0 aromatic heterocycles. The van der Waals surface area contributed by atoms with E-state index in [9.17, 15) is 14.7 Å². The van der Waals surface area contributed by atoms with Gasteiger partial charge in [0.1, 0.15) is 6.10 Å². The molecule has 2 aromatic rings. The second-order valence-electron chi connectivity index (χ2n) is 8.64. The number of fused-ring (bicyclic) bond motifs is 2. The van der Waals surface area contributed by atoms with Gasteiger partial charge in [-0.25, -0.2) is 4.79 Å². The number of cyclic esters (lactones) is 1. The van der Waals surface area contributed by atoms with Gasteiger partial charge in [-0.1, -0.05) is 30.3 Å². The summed E-state index contributed by atoms with van der Waals surface area (Å²) in [7, 11) is 0. The molecule has 5 rings (SSSR count). The van der Waals surface area contributed by atoms with Gasteiger partial charge in [0, 0.05) is 43.3 Å². The number of nitrogens with one attached hydrogen (secondary N) is 1. The van der Waals surface area contributed by atoms with Gasteiger partial charge in [0.2, 0.25) is 0 Å². The fraction of sp³-hybridized carbons (Fsp3) is 0.417. The van der Waals surface area contributed by atoms with E-state index in [-0.39, 0.29) is 18.1 Å². The van der Waals surface area contributed by atoms with Gasteiger partial charge in [0.15, 0.2) is 0 Å². The molecule has 3 heterocycles. The number of carbonyl (C=O) groups is 2. The zero-order chi connectivity index (χ0) is 21.5. The van der Waals surface area contributed by atoms with E-state index >= 15 is 0 Å². The van der Waals surface area contributed by atoms with E-state index in [0.717, 1.165) is 31.5 Å². The Morgan fingerprint density at radius 1 is 1.16 bits per heavy atom. The number of piperidine rings is 1. The number of aliphatic hydroxyl groups excluding tert-OH is 1. The molecule has 7 nitrogen and oxygen atoms in total. The third kappa shape index (κ3) is 3.79. The number of benzene rings is 2. The average molecular weight is 421 g/mol. The Morgan fingerprint density at radius 3 is 2.77 bits per heavy atom. The number of β-amino-alcohol motifs (C(OH)–C–C–N with tert-alkyl or cyclic N) is 1. The molecule has 2 amide bonds. The minimum Gasteiger partial charge on any atom is -0.441 e. The largest absolute Gasteiger partial charge is 0.441 e. The van der Waals surface area contributed by atoms with Crippen LogP contribution in [0.15, 0.2) is 42.5 Å². The summed E-state index contributed by atoms with van der Waals surface area (Å²) in [5.41, 5.74) is 4.68. The predicted octanol–water partition coefficient (Wildman–Crippen LogP) is 2.94. The molecular weight excluding hydrogens is 394 g/mol. The van der Waals surface area contributed by atoms with Gasteiger partial charge in [-0.3, -0.25) is 15.0 Å². The van der Waals surface area contributed by atoms with Crippen molar-refractivity contribution >= 4 is 17.7 Å². The van der Waals surface area contributed by atoms with Crippen LogP contribution in [0.1, 0.15) is 46.5 Å². The number of anilines is 1. The van der Waals surface area contributed by atoms with E-state index in [1.165, 1.54) is 11.1 Å². The summed E-state index contributed by atoms with van der Waals surface area (Å²) in [4.78, 5) is 28.8. The van der Waals surface area contributed by atoms with E-state index in [1.54, 1.807) is 24.0 Å². The van der Waals surface area contributed by atoms with Crippen molar-refractivity contribution in [1.82, 2.24) is 9.80 Å². The second-order valence-corrected chi connectivity index (χ2v) is 8.64. The number of amides is 2. The fourth-order valence-electron chi connectivity index (χ4n) is 5.03. The SMILES string of the molecule is CC1OC(=O)Nc2cc(C(=O)N3CC[C@@H](N4CCc5ccccc5C4)[C@H](O)C3)ccc21. The standard InChI is InChI=1S/C24H27N3O4/c1-15-19-7-6-17(12-20(19)25-24(30)31-15)23(29)27-11-9-21(22(28)14-27)26-10-8-16-4-2-3-5-18(16)13-26/h2-7,12,15,21-22,28H,8-11,13-14H2,1H3,(H,25,30)/t15?,21-,22-/m1/s1. The highest BCUT2D eigenvalue weighted by molar-refractivity contribution is 5.97. The predicted molar refractivity (Wildman–Crippen MR) is 116 cm³/mol. The maximum Gasteiger partial charge on any atom is 0.412 e. The van der Waals surface area contributed by atoms with Crippen molar-refractivity contribution in [3.63, 3.8) is 0 Å². The molecule has 7 heteroatoms. The number of hydrogen-bond acceptors (Lipinski definition) is 5. The Bertz CT molecular complexity index is 1020. The summed E-state index contributed by atoms with van der Waals surface area (Å²) in [5, 5.41) is 13.6. The topological polar surface area (TPSA) is 82.1 Å². The fourth-order valence-corrected chi connectivity index (χ4v) is 5.03. The van der Waals surface area contributed by atoms with Gasteiger partial charge in [-0.2, -0.15) is 0 Å². The van der Waals surface area contributed by atoms with Gasteiger partial charge < -0.3 is 14.7 Å². The van der Waals surface area contributed by atoms with Crippen molar-refractivity contribution < 1.29 is 19.4 Å². The summed E-state index contributed by atoms with van der Waals surface area (Å²) in [6.07, 6.45) is 0.282. The van der Waals surface area contributed by atoms with E-state index in [4.69, 9.17) is 4.74 Å². The lowest BCUT2D eigenvalue weighted by Gasteiger charge is -2.43. The van der Waals surface area contributed by atoms with Crippen LogP contribution in [0.5, 0.6) is 0 Å². The zero-order valence-corrected chi connectivity index (χ0v) is 17.6. The van der Waals surface area contributed by atoms with Crippen LogP contribution < -0.4 is 5.32 Å². The Hall–Kier alpha value is -2.90. The van der Waals surface area contributed by atoms with Crippen molar-refractivity contribution in [1.29, 1.82) is 0 Å². The van der Waals surface area contributed by atoms with E-state index < -0.39 is 12.2 Å². The second kappa shape index (κ2) is 7.98. The van der Waals surface area contributed by atoms with Crippen molar-refractivity contribution in [3.05, 3.63) is 64.7 Å². The van der Waals surface area contributed by atoms with Crippen LogP contribution in [0.25, 0.3) is 0 Å². The molecule has 0 aliphatic carbocycles. The van der Waals surface area contributed by atoms with Crippen molar-refractivity contribution in [2.45, 2.75) is 44.6 Å². The molecule has 162 valence electrons. The minimum absolute atomic E-state index is 0.0539. The highest BCUT2D eigenvalue weighted by Crippen LogP contribution is 2.32. The smallest absolute Gasteiger partial charge is 0.412 e. The highest BCUT2D eigenvalue weighted by Gasteiger charge is 2.35. The molecule has 0 saturated carbocycles. The van der Waals surface area contributed by atoms with Gasteiger partial charge in [-0.05, 0) is 43.0 Å². The number of nitrogens with zero attached hydrogens (tertiary/aromatic N) is 2. The monoisotopic (exact) mass is 421 g/mol. The Balaban J connectivity index is 1.26. The molecule has 3 atom stereocenters. The molecular formula is C24H27N3O4. The minimum atomic E-state index is -0.589. The molecule has 1 unspecified atom stereocenters. The van der Waals surface area contributed by atoms with Crippen LogP contribution in [0, 0.1) is 0 Å². The molecule has 2 N–H and O–H groups in total. The Kier molecular flexibility index (Phi) is 5.16. The molecule has 0 spiro atoms. The van der Waals surface area contributed by atoms with Crippen LogP contribution in [0.3, 0.4) is 0 Å². The maximum absolute atomic E-state index is 13.1. The first-order chi connectivity index (χ1) is 15.0. The summed E-state index contributed by atoms with van der Waals surface area (Å²) < 4.78 is 5.15. The molecule has 1 saturated heterocycles. The highest BCUT2D eigenvalue weighted by atomic mass is 16.6. The summed E-state index contributed by atoms with van der Waals surface area (Å²) in [6.45, 7) is 4.49. The normalized spacial score (nSPS) is 25.8. The molecule has 0 radical (unpaired) electrons. The summed E-state index contributed by atoms with van der Waals surface area (Å²) >= 11 is 0. The van der Waals surface area contributed by atoms with E-state index in [1.807, 2.05) is 6.07 Å². The Labute approximate surface area is 181 Å². The van der Waals surface area contributed by atoms with Crippen molar-refractivity contribution in [3.8, 4) is 0 Å². The number of likely N-dealkylation sites (tertiary alicyclic amines) is 1. The van der Waals surface area contributed by atoms with Crippen LogP contribution in [0.2, 0.25) is 0 Å². The lowest BCUT2D eigenvalue weighted by atomic mass is 9.93. The average Bonchev–Trinajstić information content (AvgIpc) is 2.77. The maximum atomic E-state index is 13.1. The third-order valence-corrected chi connectivity index (χ3v) is 6.72. The quantitative estimate of drug-likeness (QED) is 0.779. The molecule has 0 bridgehead atoms. The lowest BCUT2D eigenvalue weighted by Crippen LogP contribution is -2.56. The molecule has 3 aliphatic rings. The number of rotatable bonds is 2. The number of aliphatic hydroxyl groups is 1. The van der Waals surface area contributed by atoms with E-state index in [0.29, 0.717) is 24.3 Å². The van der Waals surface area contributed by atoms with Crippen LogP contribution >= 0.6 is 0 Å². The molecule has 1 fully saturated rings. The van der Waals surface area contributed by atoms with Crippen molar-refractivity contribution in [2.75, 3.05) is 25.0 Å². The van der Waals surface area contributed by atoms with Crippen LogP contribution in [-0.4, -0.2) is 58.7 Å². The van der Waals surface area contributed by atoms with Gasteiger partial charge in [0.25, 0.3) is 5.91 Å².